The van der Waals surface area contributed by atoms with E-state index in [0.717, 1.165) is 16.5 Å². The molecule has 0 fully saturated rings. The standard InChI is InChI=1S/C19H16N2O/c1-14-6-10-18(11-7-14)21-20-13-19(22)17-9-8-15-4-2-3-5-16(15)12-17/h2-13,21H,1H3/b20-13+. The van der Waals surface area contributed by atoms with E-state index in [2.05, 4.69) is 10.5 Å². The van der Waals surface area contributed by atoms with Gasteiger partial charge in [0.1, 0.15) is 0 Å². The zero-order valence-corrected chi connectivity index (χ0v) is 12.3. The number of carbonyl (C=O) groups excluding carboxylic acids is 1. The molecule has 3 aromatic rings. The molecule has 3 aromatic carbocycles. The van der Waals surface area contributed by atoms with E-state index in [0.29, 0.717) is 5.56 Å². The second-order valence-electron chi connectivity index (χ2n) is 5.16. The summed E-state index contributed by atoms with van der Waals surface area (Å²) in [7, 11) is 0. The summed E-state index contributed by atoms with van der Waals surface area (Å²) in [6.45, 7) is 2.02. The summed E-state index contributed by atoms with van der Waals surface area (Å²) in [5.41, 5.74) is 5.53. The van der Waals surface area contributed by atoms with Crippen LogP contribution < -0.4 is 5.43 Å². The lowest BCUT2D eigenvalue weighted by molar-refractivity contribution is 0.107. The minimum Gasteiger partial charge on any atom is -0.287 e. The quantitative estimate of drug-likeness (QED) is 0.438. The second-order valence-corrected chi connectivity index (χ2v) is 5.16. The van der Waals surface area contributed by atoms with E-state index in [9.17, 15) is 4.79 Å². The van der Waals surface area contributed by atoms with Crippen LogP contribution in [-0.4, -0.2) is 12.0 Å². The van der Waals surface area contributed by atoms with Gasteiger partial charge in [-0.15, -0.1) is 0 Å². The van der Waals surface area contributed by atoms with Crippen LogP contribution in [0.4, 0.5) is 5.69 Å². The number of anilines is 1. The van der Waals surface area contributed by atoms with Crippen LogP contribution in [0.1, 0.15) is 15.9 Å². The third kappa shape index (κ3) is 3.20. The summed E-state index contributed by atoms with van der Waals surface area (Å²) in [4.78, 5) is 12.1. The Morgan fingerprint density at radius 2 is 1.68 bits per heavy atom. The molecule has 108 valence electrons. The van der Waals surface area contributed by atoms with Gasteiger partial charge in [0.2, 0.25) is 5.78 Å². The number of hydrogen-bond acceptors (Lipinski definition) is 3. The van der Waals surface area contributed by atoms with Crippen LogP contribution >= 0.6 is 0 Å². The number of hydrogen-bond donors (Lipinski definition) is 1. The van der Waals surface area contributed by atoms with Gasteiger partial charge in [-0.2, -0.15) is 5.10 Å². The smallest absolute Gasteiger partial charge is 0.205 e. The molecule has 3 heteroatoms. The highest BCUT2D eigenvalue weighted by molar-refractivity contribution is 6.35. The van der Waals surface area contributed by atoms with Crippen LogP contribution in [0.25, 0.3) is 10.8 Å². The Hall–Kier alpha value is -2.94. The van der Waals surface area contributed by atoms with Gasteiger partial charge in [0.15, 0.2) is 0 Å². The van der Waals surface area contributed by atoms with E-state index in [-0.39, 0.29) is 5.78 Å². The maximum atomic E-state index is 12.1. The van der Waals surface area contributed by atoms with Crippen molar-refractivity contribution in [1.29, 1.82) is 0 Å². The van der Waals surface area contributed by atoms with Crippen molar-refractivity contribution in [1.82, 2.24) is 0 Å². The summed E-state index contributed by atoms with van der Waals surface area (Å²) in [6.07, 6.45) is 1.31. The third-order valence-electron chi connectivity index (χ3n) is 3.46. The van der Waals surface area contributed by atoms with Gasteiger partial charge >= 0.3 is 0 Å². The van der Waals surface area contributed by atoms with Gasteiger partial charge in [0.25, 0.3) is 0 Å². The molecule has 0 radical (unpaired) electrons. The van der Waals surface area contributed by atoms with Gasteiger partial charge in [-0.05, 0) is 35.9 Å². The fourth-order valence-electron chi connectivity index (χ4n) is 2.21. The minimum atomic E-state index is -0.120. The first-order valence-electron chi connectivity index (χ1n) is 7.11. The van der Waals surface area contributed by atoms with Crippen molar-refractivity contribution in [3.63, 3.8) is 0 Å². The minimum absolute atomic E-state index is 0.120. The zero-order valence-electron chi connectivity index (χ0n) is 12.3. The van der Waals surface area contributed by atoms with Crippen molar-refractivity contribution in [2.75, 3.05) is 5.43 Å². The van der Waals surface area contributed by atoms with Crippen LogP contribution in [-0.2, 0) is 0 Å². The number of Topliss-reactive ketones (excluding diaryl/α,β-unsaturated/α-hetero) is 1. The summed E-state index contributed by atoms with van der Waals surface area (Å²) in [5, 5.41) is 6.17. The number of benzene rings is 3. The average Bonchev–Trinajstić information content (AvgIpc) is 2.56. The normalized spacial score (nSPS) is 11.0. The van der Waals surface area contributed by atoms with Crippen LogP contribution in [0.5, 0.6) is 0 Å². The summed E-state index contributed by atoms with van der Waals surface area (Å²) < 4.78 is 0. The predicted octanol–water partition coefficient (Wildman–Crippen LogP) is 4.43. The molecular formula is C19H16N2O. The number of fused-ring (bicyclic) bond motifs is 1. The molecule has 0 aliphatic rings. The van der Waals surface area contributed by atoms with E-state index in [1.165, 1.54) is 11.8 Å². The predicted molar refractivity (Wildman–Crippen MR) is 91.6 cm³/mol. The van der Waals surface area contributed by atoms with Gasteiger partial charge in [-0.25, -0.2) is 0 Å². The first kappa shape index (κ1) is 14.0. The molecule has 0 unspecified atom stereocenters. The summed E-state index contributed by atoms with van der Waals surface area (Å²) in [6, 6.07) is 21.4. The van der Waals surface area contributed by atoms with E-state index in [1.54, 1.807) is 0 Å². The maximum absolute atomic E-state index is 12.1. The van der Waals surface area contributed by atoms with Gasteiger partial charge in [-0.1, -0.05) is 54.1 Å². The zero-order chi connectivity index (χ0) is 15.4. The maximum Gasteiger partial charge on any atom is 0.205 e. The van der Waals surface area contributed by atoms with Crippen LogP contribution in [0.2, 0.25) is 0 Å². The van der Waals surface area contributed by atoms with Crippen LogP contribution in [0.15, 0.2) is 71.8 Å². The van der Waals surface area contributed by atoms with E-state index in [4.69, 9.17) is 0 Å². The van der Waals surface area contributed by atoms with E-state index < -0.39 is 0 Å². The molecule has 22 heavy (non-hydrogen) atoms. The number of aryl methyl sites for hydroxylation is 1. The molecule has 3 rings (SSSR count). The Kier molecular flexibility index (Phi) is 3.97. The number of nitrogens with one attached hydrogen (secondary N) is 1. The highest BCUT2D eigenvalue weighted by Crippen LogP contribution is 2.15. The highest BCUT2D eigenvalue weighted by Gasteiger charge is 2.03. The molecule has 0 aliphatic carbocycles. The van der Waals surface area contributed by atoms with Crippen LogP contribution in [0.3, 0.4) is 0 Å². The van der Waals surface area contributed by atoms with Crippen molar-refractivity contribution in [2.45, 2.75) is 6.92 Å². The monoisotopic (exact) mass is 288 g/mol. The molecule has 1 N–H and O–H groups in total. The lowest BCUT2D eigenvalue weighted by atomic mass is 10.1. The topological polar surface area (TPSA) is 41.5 Å². The number of hydrazone groups is 1. The SMILES string of the molecule is Cc1ccc(N/N=C/C(=O)c2ccc3ccccc3c2)cc1. The van der Waals surface area contributed by atoms with Gasteiger partial charge < -0.3 is 0 Å². The van der Waals surface area contributed by atoms with Crippen molar-refractivity contribution < 1.29 is 4.79 Å². The van der Waals surface area contributed by atoms with Crippen molar-refractivity contribution in [3.05, 3.63) is 77.9 Å². The summed E-state index contributed by atoms with van der Waals surface area (Å²) in [5.74, 6) is -0.120. The van der Waals surface area contributed by atoms with E-state index >= 15 is 0 Å². The lowest BCUT2D eigenvalue weighted by Crippen LogP contribution is -2.02. The molecular weight excluding hydrogens is 272 g/mol. The number of carbonyl (C=O) groups is 1. The summed E-state index contributed by atoms with van der Waals surface area (Å²) >= 11 is 0. The Balaban J connectivity index is 1.72. The Morgan fingerprint density at radius 3 is 2.45 bits per heavy atom. The van der Waals surface area contributed by atoms with E-state index in [1.807, 2.05) is 73.7 Å². The van der Waals surface area contributed by atoms with Gasteiger partial charge in [0, 0.05) is 5.56 Å². The first-order chi connectivity index (χ1) is 10.7. The Labute approximate surface area is 129 Å². The molecule has 0 saturated carbocycles. The molecule has 0 amide bonds. The molecule has 0 spiro atoms. The number of ketones is 1. The van der Waals surface area contributed by atoms with Crippen molar-refractivity contribution >= 4 is 28.5 Å². The lowest BCUT2D eigenvalue weighted by Gasteiger charge is -2.01. The average molecular weight is 288 g/mol. The Morgan fingerprint density at radius 1 is 0.955 bits per heavy atom. The largest absolute Gasteiger partial charge is 0.287 e. The fourth-order valence-corrected chi connectivity index (χ4v) is 2.21. The molecule has 0 heterocycles. The Bertz CT molecular complexity index is 835. The number of rotatable bonds is 4. The molecule has 0 aromatic heterocycles. The molecule has 0 bridgehead atoms. The van der Waals surface area contributed by atoms with Crippen LogP contribution in [0, 0.1) is 6.92 Å². The second kappa shape index (κ2) is 6.22. The third-order valence-corrected chi connectivity index (χ3v) is 3.46. The number of nitrogens with zero attached hydrogens (tertiary/aromatic N) is 1. The molecule has 0 saturated heterocycles. The fraction of sp³-hybridized carbons (Fsp3) is 0.0526. The highest BCUT2D eigenvalue weighted by atomic mass is 16.1. The van der Waals surface area contributed by atoms with Gasteiger partial charge in [0.05, 0.1) is 11.9 Å². The van der Waals surface area contributed by atoms with Crippen molar-refractivity contribution in [2.24, 2.45) is 5.10 Å². The first-order valence-corrected chi connectivity index (χ1v) is 7.11. The molecule has 0 atom stereocenters. The molecule has 0 aliphatic heterocycles. The van der Waals surface area contributed by atoms with Crippen molar-refractivity contribution in [3.8, 4) is 0 Å². The molecule has 3 nitrogen and oxygen atoms in total. The van der Waals surface area contributed by atoms with Gasteiger partial charge in [-0.3, -0.25) is 10.2 Å².